The van der Waals surface area contributed by atoms with Crippen molar-refractivity contribution in [2.45, 2.75) is 303 Å². The van der Waals surface area contributed by atoms with Gasteiger partial charge in [-0.25, -0.2) is 0 Å². The first-order valence-electron chi connectivity index (χ1n) is 29.9. The molecule has 0 bridgehead atoms. The lowest BCUT2D eigenvalue weighted by Crippen LogP contribution is -2.30. The van der Waals surface area contributed by atoms with Gasteiger partial charge in [0.1, 0.15) is 13.2 Å². The van der Waals surface area contributed by atoms with E-state index in [4.69, 9.17) is 14.2 Å². The normalized spacial score (nSPS) is 12.6. The third-order valence-electron chi connectivity index (χ3n) is 12.9. The Morgan fingerprint density at radius 2 is 0.571 bits per heavy atom. The maximum atomic E-state index is 12.8. The van der Waals surface area contributed by atoms with E-state index in [0.29, 0.717) is 19.3 Å². The molecule has 0 radical (unpaired) electrons. The summed E-state index contributed by atoms with van der Waals surface area (Å²) in [6, 6.07) is 0. The van der Waals surface area contributed by atoms with Crippen LogP contribution in [0.3, 0.4) is 0 Å². The number of unbranched alkanes of at least 4 members (excludes halogenated alkanes) is 31. The Labute approximate surface area is 433 Å². The number of esters is 3. The van der Waals surface area contributed by atoms with Crippen molar-refractivity contribution in [3.63, 3.8) is 0 Å². The summed E-state index contributed by atoms with van der Waals surface area (Å²) in [6.45, 7) is 6.51. The third kappa shape index (κ3) is 55.8. The standard InChI is InChI=1S/C64H112O6/c1-4-7-10-13-16-19-22-25-28-31-32-34-36-39-42-45-48-51-54-57-63(66)69-60-61(59-68-62(65)56-53-50-47-44-41-38-35-30-27-24-21-18-15-12-9-6-3)70-64(67)58-55-52-49-46-43-40-37-33-29-26-23-20-17-14-11-8-5-2/h8,11,17,20,25-26,28-29,37,40,46,49,61H,4-7,9-10,12-16,18-19,21-24,27,30-36,38-39,41-45,47-48,50-60H2,1-3H3/b11-8+,20-17+,28-25+,29-26+,40-37+,49-46+/t61-/m1/s1. The quantitative estimate of drug-likeness (QED) is 0.0261. The highest BCUT2D eigenvalue weighted by molar-refractivity contribution is 5.71. The topological polar surface area (TPSA) is 78.9 Å². The summed E-state index contributed by atoms with van der Waals surface area (Å²) in [4.78, 5) is 38.2. The van der Waals surface area contributed by atoms with Crippen LogP contribution in [0.1, 0.15) is 297 Å². The average molecular weight is 978 g/mol. The summed E-state index contributed by atoms with van der Waals surface area (Å²) in [5, 5.41) is 0. The van der Waals surface area contributed by atoms with Crippen molar-refractivity contribution >= 4 is 17.9 Å². The predicted molar refractivity (Wildman–Crippen MR) is 302 cm³/mol. The van der Waals surface area contributed by atoms with Crippen LogP contribution in [-0.4, -0.2) is 37.2 Å². The van der Waals surface area contributed by atoms with E-state index in [9.17, 15) is 14.4 Å². The molecule has 0 aromatic carbocycles. The van der Waals surface area contributed by atoms with E-state index in [1.165, 1.54) is 173 Å². The molecule has 0 heterocycles. The highest BCUT2D eigenvalue weighted by Crippen LogP contribution is 2.16. The van der Waals surface area contributed by atoms with Crippen molar-refractivity contribution in [2.24, 2.45) is 0 Å². The van der Waals surface area contributed by atoms with Crippen LogP contribution in [0.2, 0.25) is 0 Å². The minimum absolute atomic E-state index is 0.0958. The van der Waals surface area contributed by atoms with Crippen molar-refractivity contribution < 1.29 is 28.6 Å². The van der Waals surface area contributed by atoms with Crippen LogP contribution >= 0.6 is 0 Å². The SMILES string of the molecule is CC/C=C/C/C=C/C/C=C/C/C=C/C/C=C/CCCC(=O)O[C@@H](COC(=O)CCCCCCCCCCC/C=C/CCCCCCCC)COC(=O)CCCCCCCCCCCCCCCCCC. The number of ether oxygens (including phenoxy) is 3. The van der Waals surface area contributed by atoms with Crippen molar-refractivity contribution in [1.29, 1.82) is 0 Å². The average Bonchev–Trinajstić information content (AvgIpc) is 3.36. The van der Waals surface area contributed by atoms with Gasteiger partial charge in [-0.2, -0.15) is 0 Å². The first-order chi connectivity index (χ1) is 34.5. The maximum Gasteiger partial charge on any atom is 0.306 e. The monoisotopic (exact) mass is 977 g/mol. The van der Waals surface area contributed by atoms with Crippen molar-refractivity contribution in [3.8, 4) is 0 Å². The van der Waals surface area contributed by atoms with Crippen molar-refractivity contribution in [2.75, 3.05) is 13.2 Å². The molecule has 0 rings (SSSR count). The van der Waals surface area contributed by atoms with Gasteiger partial charge >= 0.3 is 17.9 Å². The summed E-state index contributed by atoms with van der Waals surface area (Å²) < 4.78 is 16.8. The highest BCUT2D eigenvalue weighted by atomic mass is 16.6. The fourth-order valence-electron chi connectivity index (χ4n) is 8.47. The fraction of sp³-hybridized carbons (Fsp3) is 0.766. The zero-order chi connectivity index (χ0) is 50.7. The molecule has 1 atom stereocenters. The molecule has 0 saturated carbocycles. The van der Waals surface area contributed by atoms with Gasteiger partial charge in [0.05, 0.1) is 0 Å². The molecule has 0 aliphatic rings. The number of hydrogen-bond acceptors (Lipinski definition) is 6. The molecular formula is C64H112O6. The lowest BCUT2D eigenvalue weighted by atomic mass is 10.0. The van der Waals surface area contributed by atoms with Gasteiger partial charge in [0, 0.05) is 19.3 Å². The first kappa shape index (κ1) is 66.9. The number of carbonyl (C=O) groups is 3. The molecule has 0 aromatic heterocycles. The van der Waals surface area contributed by atoms with Gasteiger partial charge in [-0.3, -0.25) is 14.4 Å². The third-order valence-corrected chi connectivity index (χ3v) is 12.9. The molecule has 0 aliphatic heterocycles. The molecule has 0 spiro atoms. The Morgan fingerprint density at radius 3 is 0.929 bits per heavy atom. The van der Waals surface area contributed by atoms with Crippen LogP contribution in [-0.2, 0) is 28.6 Å². The van der Waals surface area contributed by atoms with Gasteiger partial charge in [0.2, 0.25) is 0 Å². The molecule has 0 aromatic rings. The molecule has 0 N–H and O–H groups in total. The van der Waals surface area contributed by atoms with E-state index in [0.717, 1.165) is 77.0 Å². The molecule has 0 unspecified atom stereocenters. The zero-order valence-corrected chi connectivity index (χ0v) is 46.3. The molecule has 6 nitrogen and oxygen atoms in total. The Bertz CT molecular complexity index is 1310. The second-order valence-corrected chi connectivity index (χ2v) is 19.9. The van der Waals surface area contributed by atoms with E-state index in [1.807, 2.05) is 0 Å². The molecule has 6 heteroatoms. The van der Waals surface area contributed by atoms with Crippen LogP contribution in [0.25, 0.3) is 0 Å². The van der Waals surface area contributed by atoms with Gasteiger partial charge < -0.3 is 14.2 Å². The smallest absolute Gasteiger partial charge is 0.306 e. The Morgan fingerprint density at radius 1 is 0.300 bits per heavy atom. The van der Waals surface area contributed by atoms with E-state index < -0.39 is 6.10 Å². The lowest BCUT2D eigenvalue weighted by molar-refractivity contribution is -0.167. The lowest BCUT2D eigenvalue weighted by Gasteiger charge is -2.18. The predicted octanol–water partition coefficient (Wildman–Crippen LogP) is 20.2. The van der Waals surface area contributed by atoms with Crippen LogP contribution in [0.5, 0.6) is 0 Å². The number of hydrogen-bond donors (Lipinski definition) is 0. The summed E-state index contributed by atoms with van der Waals surface area (Å²) in [7, 11) is 0. The van der Waals surface area contributed by atoms with Gasteiger partial charge in [0.25, 0.3) is 0 Å². The molecule has 70 heavy (non-hydrogen) atoms. The van der Waals surface area contributed by atoms with Crippen LogP contribution in [0, 0.1) is 0 Å². The van der Waals surface area contributed by atoms with Gasteiger partial charge in [-0.15, -0.1) is 0 Å². The minimum Gasteiger partial charge on any atom is -0.462 e. The van der Waals surface area contributed by atoms with Crippen LogP contribution in [0.4, 0.5) is 0 Å². The van der Waals surface area contributed by atoms with Crippen molar-refractivity contribution in [1.82, 2.24) is 0 Å². The first-order valence-corrected chi connectivity index (χ1v) is 29.9. The van der Waals surface area contributed by atoms with E-state index >= 15 is 0 Å². The Kier molecular flexibility index (Phi) is 55.8. The van der Waals surface area contributed by atoms with E-state index in [-0.39, 0.29) is 37.5 Å². The highest BCUT2D eigenvalue weighted by Gasteiger charge is 2.19. The van der Waals surface area contributed by atoms with Gasteiger partial charge in [-0.1, -0.05) is 267 Å². The Balaban J connectivity index is 4.43. The second-order valence-electron chi connectivity index (χ2n) is 19.9. The molecule has 0 saturated heterocycles. The summed E-state index contributed by atoms with van der Waals surface area (Å²) >= 11 is 0. The minimum atomic E-state index is -0.805. The number of carbonyl (C=O) groups excluding carboxylic acids is 3. The number of allylic oxidation sites excluding steroid dienone is 12. The molecule has 0 amide bonds. The Hall–Kier alpha value is -3.15. The largest absolute Gasteiger partial charge is 0.462 e. The summed E-state index contributed by atoms with van der Waals surface area (Å²) in [6.07, 6.45) is 74.7. The van der Waals surface area contributed by atoms with Crippen LogP contribution in [0.15, 0.2) is 72.9 Å². The second kappa shape index (κ2) is 58.4. The molecule has 0 aliphatic carbocycles. The summed E-state index contributed by atoms with van der Waals surface area (Å²) in [5.41, 5.74) is 0. The molecule has 404 valence electrons. The van der Waals surface area contributed by atoms with E-state index in [1.54, 1.807) is 0 Å². The summed E-state index contributed by atoms with van der Waals surface area (Å²) in [5.74, 6) is -0.944. The maximum absolute atomic E-state index is 12.8. The molecule has 0 fully saturated rings. The van der Waals surface area contributed by atoms with Gasteiger partial charge in [0.15, 0.2) is 6.10 Å². The van der Waals surface area contributed by atoms with E-state index in [2.05, 4.69) is 93.7 Å². The van der Waals surface area contributed by atoms with Crippen molar-refractivity contribution in [3.05, 3.63) is 72.9 Å². The van der Waals surface area contributed by atoms with Crippen LogP contribution < -0.4 is 0 Å². The zero-order valence-electron chi connectivity index (χ0n) is 46.3. The fourth-order valence-corrected chi connectivity index (χ4v) is 8.47. The molecular weight excluding hydrogens is 865 g/mol. The van der Waals surface area contributed by atoms with Gasteiger partial charge in [-0.05, 0) is 83.5 Å². The number of rotatable bonds is 54.